The number of cyclic esters (lactones) is 1. The standard InChI is InChI=1S/C17H14N2O5/c20-14-7-2-1-6-13(14)18-17(15-8-9-16(21)24-15)11-4-3-5-12(10-11)19(22)23/h1-10,15,17-18,20H/t15-,17+/m1/s1. The lowest BCUT2D eigenvalue weighted by Crippen LogP contribution is -2.25. The van der Waals surface area contributed by atoms with Crippen LogP contribution < -0.4 is 5.32 Å². The van der Waals surface area contributed by atoms with E-state index in [0.717, 1.165) is 0 Å². The number of hydrogen-bond donors (Lipinski definition) is 2. The number of aromatic hydroxyl groups is 1. The normalized spacial score (nSPS) is 17.3. The number of phenolic OH excluding ortho intramolecular Hbond substituents is 1. The zero-order valence-electron chi connectivity index (χ0n) is 12.5. The maximum absolute atomic E-state index is 11.4. The molecule has 1 aliphatic heterocycles. The van der Waals surface area contributed by atoms with E-state index in [9.17, 15) is 20.0 Å². The Morgan fingerprint density at radius 3 is 2.67 bits per heavy atom. The van der Waals surface area contributed by atoms with Crippen LogP contribution in [0.15, 0.2) is 60.7 Å². The van der Waals surface area contributed by atoms with Crippen LogP contribution in [0.2, 0.25) is 0 Å². The van der Waals surface area contributed by atoms with Gasteiger partial charge in [0, 0.05) is 18.2 Å². The Morgan fingerprint density at radius 2 is 2.00 bits per heavy atom. The summed E-state index contributed by atoms with van der Waals surface area (Å²) < 4.78 is 5.23. The van der Waals surface area contributed by atoms with E-state index < -0.39 is 23.0 Å². The summed E-state index contributed by atoms with van der Waals surface area (Å²) in [6.07, 6.45) is 2.25. The number of benzene rings is 2. The van der Waals surface area contributed by atoms with Crippen LogP contribution in [0.3, 0.4) is 0 Å². The third-order valence-electron chi connectivity index (χ3n) is 3.66. The summed E-state index contributed by atoms with van der Waals surface area (Å²) in [7, 11) is 0. The first kappa shape index (κ1) is 15.5. The lowest BCUT2D eigenvalue weighted by molar-refractivity contribution is -0.384. The molecule has 1 heterocycles. The summed E-state index contributed by atoms with van der Waals surface area (Å²) in [4.78, 5) is 21.9. The number of esters is 1. The van der Waals surface area contributed by atoms with Gasteiger partial charge in [0.2, 0.25) is 0 Å². The molecule has 2 atom stereocenters. The summed E-state index contributed by atoms with van der Waals surface area (Å²) in [6, 6.07) is 12.1. The first-order chi connectivity index (χ1) is 11.5. The number of non-ortho nitro benzene ring substituents is 1. The van der Waals surface area contributed by atoms with E-state index in [-0.39, 0.29) is 11.4 Å². The number of phenols is 1. The number of nitro benzene ring substituents is 1. The highest BCUT2D eigenvalue weighted by atomic mass is 16.6. The van der Waals surface area contributed by atoms with Gasteiger partial charge in [0.05, 0.1) is 16.7 Å². The molecule has 7 nitrogen and oxygen atoms in total. The van der Waals surface area contributed by atoms with E-state index >= 15 is 0 Å². The van der Waals surface area contributed by atoms with Gasteiger partial charge in [-0.25, -0.2) is 4.79 Å². The molecular weight excluding hydrogens is 312 g/mol. The van der Waals surface area contributed by atoms with E-state index in [1.165, 1.54) is 24.3 Å². The molecule has 24 heavy (non-hydrogen) atoms. The minimum Gasteiger partial charge on any atom is -0.506 e. The van der Waals surface area contributed by atoms with Crippen molar-refractivity contribution in [1.29, 1.82) is 0 Å². The molecular formula is C17H14N2O5. The number of carbonyl (C=O) groups excluding carboxylic acids is 1. The van der Waals surface area contributed by atoms with Crippen molar-refractivity contribution in [2.24, 2.45) is 0 Å². The maximum atomic E-state index is 11.4. The van der Waals surface area contributed by atoms with Crippen molar-refractivity contribution in [3.05, 3.63) is 76.4 Å². The van der Waals surface area contributed by atoms with Crippen LogP contribution in [-0.4, -0.2) is 22.1 Å². The molecule has 0 amide bonds. The van der Waals surface area contributed by atoms with Gasteiger partial charge < -0.3 is 15.2 Å². The Hall–Kier alpha value is -3.35. The van der Waals surface area contributed by atoms with Crippen LogP contribution in [0.5, 0.6) is 5.75 Å². The van der Waals surface area contributed by atoms with Crippen molar-refractivity contribution >= 4 is 17.3 Å². The van der Waals surface area contributed by atoms with E-state index in [2.05, 4.69) is 5.32 Å². The number of nitrogens with one attached hydrogen (secondary N) is 1. The molecule has 0 unspecified atom stereocenters. The minimum atomic E-state index is -0.640. The maximum Gasteiger partial charge on any atom is 0.331 e. The molecule has 2 aromatic carbocycles. The summed E-state index contributed by atoms with van der Waals surface area (Å²) >= 11 is 0. The third-order valence-corrected chi connectivity index (χ3v) is 3.66. The predicted octanol–water partition coefficient (Wildman–Crippen LogP) is 2.94. The number of carbonyl (C=O) groups is 1. The Labute approximate surface area is 137 Å². The van der Waals surface area contributed by atoms with Gasteiger partial charge in [0.25, 0.3) is 5.69 Å². The van der Waals surface area contributed by atoms with Crippen LogP contribution in [0.4, 0.5) is 11.4 Å². The smallest absolute Gasteiger partial charge is 0.331 e. The highest BCUT2D eigenvalue weighted by Gasteiger charge is 2.29. The summed E-state index contributed by atoms with van der Waals surface area (Å²) in [5.74, 6) is -0.448. The lowest BCUT2D eigenvalue weighted by atomic mass is 10.00. The lowest BCUT2D eigenvalue weighted by Gasteiger charge is -2.25. The molecule has 7 heteroatoms. The van der Waals surface area contributed by atoms with Crippen LogP contribution in [-0.2, 0) is 9.53 Å². The Bertz CT molecular complexity index is 818. The van der Waals surface area contributed by atoms with E-state index in [1.54, 1.807) is 36.4 Å². The fraction of sp³-hybridized carbons (Fsp3) is 0.118. The highest BCUT2D eigenvalue weighted by molar-refractivity contribution is 5.84. The molecule has 0 bridgehead atoms. The summed E-state index contributed by atoms with van der Waals surface area (Å²) in [5.41, 5.74) is 0.937. The third kappa shape index (κ3) is 3.19. The first-order valence-electron chi connectivity index (χ1n) is 7.22. The molecule has 2 aromatic rings. The largest absolute Gasteiger partial charge is 0.506 e. The molecule has 2 N–H and O–H groups in total. The number of nitrogens with zero attached hydrogens (tertiary/aromatic N) is 1. The minimum absolute atomic E-state index is 0.0289. The van der Waals surface area contributed by atoms with Crippen molar-refractivity contribution in [1.82, 2.24) is 0 Å². The number of hydrogen-bond acceptors (Lipinski definition) is 6. The number of anilines is 1. The molecule has 0 saturated carbocycles. The summed E-state index contributed by atoms with van der Waals surface area (Å²) in [5, 5.41) is 24.0. The van der Waals surface area contributed by atoms with Gasteiger partial charge in [-0.15, -0.1) is 0 Å². The molecule has 0 radical (unpaired) electrons. The van der Waals surface area contributed by atoms with Crippen molar-refractivity contribution in [2.45, 2.75) is 12.1 Å². The SMILES string of the molecule is O=C1C=C[C@H]([C@@H](Nc2ccccc2O)c2cccc([N+](=O)[O-])c2)O1. The van der Waals surface area contributed by atoms with Gasteiger partial charge in [-0.3, -0.25) is 10.1 Å². The second-order valence-corrected chi connectivity index (χ2v) is 5.25. The second-order valence-electron chi connectivity index (χ2n) is 5.25. The second kappa shape index (κ2) is 6.41. The molecule has 0 aliphatic carbocycles. The van der Waals surface area contributed by atoms with E-state index in [1.807, 2.05) is 0 Å². The van der Waals surface area contributed by atoms with Crippen LogP contribution in [0.1, 0.15) is 11.6 Å². The summed E-state index contributed by atoms with van der Waals surface area (Å²) in [6.45, 7) is 0. The van der Waals surface area contributed by atoms with Gasteiger partial charge in [-0.1, -0.05) is 24.3 Å². The van der Waals surface area contributed by atoms with Crippen LogP contribution in [0, 0.1) is 10.1 Å². The molecule has 0 aromatic heterocycles. The Morgan fingerprint density at radius 1 is 1.21 bits per heavy atom. The molecule has 0 saturated heterocycles. The number of rotatable bonds is 5. The van der Waals surface area contributed by atoms with Crippen LogP contribution in [0.25, 0.3) is 0 Å². The van der Waals surface area contributed by atoms with Crippen molar-refractivity contribution in [3.63, 3.8) is 0 Å². The number of ether oxygens (including phenoxy) is 1. The van der Waals surface area contributed by atoms with Gasteiger partial charge in [0.1, 0.15) is 11.9 Å². The zero-order valence-corrected chi connectivity index (χ0v) is 12.5. The molecule has 3 rings (SSSR count). The van der Waals surface area contributed by atoms with Gasteiger partial charge in [0.15, 0.2) is 0 Å². The molecule has 122 valence electrons. The molecule has 0 fully saturated rings. The number of para-hydroxylation sites is 2. The van der Waals surface area contributed by atoms with Crippen LogP contribution >= 0.6 is 0 Å². The zero-order chi connectivity index (χ0) is 17.1. The Balaban J connectivity index is 1.97. The quantitative estimate of drug-likeness (QED) is 0.379. The fourth-order valence-corrected chi connectivity index (χ4v) is 2.52. The average molecular weight is 326 g/mol. The van der Waals surface area contributed by atoms with Crippen molar-refractivity contribution < 1.29 is 19.6 Å². The first-order valence-corrected chi connectivity index (χ1v) is 7.22. The van der Waals surface area contributed by atoms with E-state index in [4.69, 9.17) is 4.74 Å². The topological polar surface area (TPSA) is 102 Å². The monoisotopic (exact) mass is 326 g/mol. The highest BCUT2D eigenvalue weighted by Crippen LogP contribution is 2.32. The fourth-order valence-electron chi connectivity index (χ4n) is 2.52. The van der Waals surface area contributed by atoms with Gasteiger partial charge in [-0.05, 0) is 23.8 Å². The number of nitro groups is 1. The van der Waals surface area contributed by atoms with Crippen molar-refractivity contribution in [3.8, 4) is 5.75 Å². The average Bonchev–Trinajstić information content (AvgIpc) is 3.00. The van der Waals surface area contributed by atoms with Crippen molar-refractivity contribution in [2.75, 3.05) is 5.32 Å². The van der Waals surface area contributed by atoms with Gasteiger partial charge in [-0.2, -0.15) is 0 Å². The van der Waals surface area contributed by atoms with Gasteiger partial charge >= 0.3 is 5.97 Å². The molecule has 1 aliphatic rings. The van der Waals surface area contributed by atoms with E-state index in [0.29, 0.717) is 11.3 Å². The Kier molecular flexibility index (Phi) is 4.15. The molecule has 0 spiro atoms. The predicted molar refractivity (Wildman–Crippen MR) is 86.6 cm³/mol.